The van der Waals surface area contributed by atoms with Gasteiger partial charge in [-0.25, -0.2) is 0 Å². The molecule has 2 nitrogen and oxygen atoms in total. The molecule has 0 saturated heterocycles. The lowest BCUT2D eigenvalue weighted by molar-refractivity contribution is 0.304. The Hall–Kier alpha value is -1.80. The summed E-state index contributed by atoms with van der Waals surface area (Å²) in [4.78, 5) is 0. The zero-order chi connectivity index (χ0) is 13.7. The van der Waals surface area contributed by atoms with Crippen LogP contribution in [-0.2, 0) is 13.2 Å². The number of nitrogens with one attached hydrogen (secondary N) is 1. The van der Waals surface area contributed by atoms with Gasteiger partial charge in [-0.05, 0) is 49.2 Å². The minimum absolute atomic E-state index is 0.615. The van der Waals surface area contributed by atoms with Gasteiger partial charge in [0.15, 0.2) is 0 Å². The normalized spacial score (nSPS) is 10.5. The fraction of sp³-hybridized carbons (Fsp3) is 0.294. The number of hydrogen-bond donors (Lipinski definition) is 1. The lowest BCUT2D eigenvalue weighted by Crippen LogP contribution is -2.05. The lowest BCUT2D eigenvalue weighted by Gasteiger charge is -2.11. The number of benzene rings is 2. The maximum atomic E-state index is 5.89. The van der Waals surface area contributed by atoms with Crippen LogP contribution in [0.1, 0.15) is 22.3 Å². The fourth-order valence-corrected chi connectivity index (χ4v) is 2.00. The van der Waals surface area contributed by atoms with E-state index in [1.165, 1.54) is 22.3 Å². The van der Waals surface area contributed by atoms with E-state index in [4.69, 9.17) is 4.74 Å². The minimum Gasteiger partial charge on any atom is -0.489 e. The maximum Gasteiger partial charge on any atom is 0.122 e. The van der Waals surface area contributed by atoms with Crippen LogP contribution in [0.15, 0.2) is 42.5 Å². The van der Waals surface area contributed by atoms with Crippen LogP contribution in [-0.4, -0.2) is 7.05 Å². The second-order valence-electron chi connectivity index (χ2n) is 4.83. The minimum atomic E-state index is 0.615. The van der Waals surface area contributed by atoms with Crippen molar-refractivity contribution in [3.05, 3.63) is 64.7 Å². The molecule has 2 heteroatoms. The van der Waals surface area contributed by atoms with E-state index in [2.05, 4.69) is 49.5 Å². The molecule has 0 fully saturated rings. The number of ether oxygens (including phenoxy) is 1. The molecule has 1 N–H and O–H groups in total. The molecule has 0 radical (unpaired) electrons. The van der Waals surface area contributed by atoms with Gasteiger partial charge in [-0.15, -0.1) is 0 Å². The Morgan fingerprint density at radius 2 is 1.63 bits per heavy atom. The van der Waals surface area contributed by atoms with Gasteiger partial charge in [0.2, 0.25) is 0 Å². The quantitative estimate of drug-likeness (QED) is 0.881. The van der Waals surface area contributed by atoms with E-state index in [-0.39, 0.29) is 0 Å². The van der Waals surface area contributed by atoms with Crippen LogP contribution in [0.5, 0.6) is 5.75 Å². The number of hydrogen-bond acceptors (Lipinski definition) is 2. The van der Waals surface area contributed by atoms with Gasteiger partial charge < -0.3 is 10.1 Å². The first-order chi connectivity index (χ1) is 9.20. The van der Waals surface area contributed by atoms with E-state index in [0.29, 0.717) is 6.61 Å². The van der Waals surface area contributed by atoms with Gasteiger partial charge in [0.25, 0.3) is 0 Å². The van der Waals surface area contributed by atoms with E-state index in [9.17, 15) is 0 Å². The predicted octanol–water partition coefficient (Wildman–Crippen LogP) is 3.60. The molecular weight excluding hydrogens is 234 g/mol. The molecule has 19 heavy (non-hydrogen) atoms. The van der Waals surface area contributed by atoms with Crippen molar-refractivity contribution < 1.29 is 4.74 Å². The SMILES string of the molecule is CNCc1ccc(COc2cccc(C)c2C)cc1. The van der Waals surface area contributed by atoms with Gasteiger partial charge in [0.1, 0.15) is 12.4 Å². The Balaban J connectivity index is 2.00. The Labute approximate surface area is 115 Å². The Bertz CT molecular complexity index is 531. The molecule has 2 aromatic rings. The van der Waals surface area contributed by atoms with Crippen molar-refractivity contribution in [1.82, 2.24) is 5.32 Å². The highest BCUT2D eigenvalue weighted by Gasteiger charge is 2.02. The molecule has 0 amide bonds. The van der Waals surface area contributed by atoms with Crippen molar-refractivity contribution in [3.63, 3.8) is 0 Å². The van der Waals surface area contributed by atoms with Crippen molar-refractivity contribution >= 4 is 0 Å². The molecular formula is C17H21NO. The molecule has 0 saturated carbocycles. The number of rotatable bonds is 5. The summed E-state index contributed by atoms with van der Waals surface area (Å²) in [7, 11) is 1.96. The third-order valence-corrected chi connectivity index (χ3v) is 3.35. The highest BCUT2D eigenvalue weighted by Crippen LogP contribution is 2.21. The first-order valence-electron chi connectivity index (χ1n) is 6.62. The summed E-state index contributed by atoms with van der Waals surface area (Å²) in [6.07, 6.45) is 0. The molecule has 2 rings (SSSR count). The second-order valence-corrected chi connectivity index (χ2v) is 4.83. The predicted molar refractivity (Wildman–Crippen MR) is 79.5 cm³/mol. The van der Waals surface area contributed by atoms with E-state index in [0.717, 1.165) is 12.3 Å². The molecule has 0 aliphatic rings. The third kappa shape index (κ3) is 3.58. The molecule has 0 heterocycles. The van der Waals surface area contributed by atoms with Gasteiger partial charge in [-0.3, -0.25) is 0 Å². The zero-order valence-electron chi connectivity index (χ0n) is 11.9. The van der Waals surface area contributed by atoms with E-state index >= 15 is 0 Å². The summed E-state index contributed by atoms with van der Waals surface area (Å²) in [5.41, 5.74) is 4.97. The molecule has 0 atom stereocenters. The van der Waals surface area contributed by atoms with Crippen LogP contribution in [0, 0.1) is 13.8 Å². The molecule has 0 aromatic heterocycles. The lowest BCUT2D eigenvalue weighted by atomic mass is 10.1. The smallest absolute Gasteiger partial charge is 0.122 e. The summed E-state index contributed by atoms with van der Waals surface area (Å²) in [5.74, 6) is 0.972. The van der Waals surface area contributed by atoms with Crippen LogP contribution in [0.25, 0.3) is 0 Å². The van der Waals surface area contributed by atoms with Gasteiger partial charge in [0.05, 0.1) is 0 Å². The highest BCUT2D eigenvalue weighted by molar-refractivity contribution is 5.38. The van der Waals surface area contributed by atoms with Crippen molar-refractivity contribution in [2.75, 3.05) is 7.05 Å². The second kappa shape index (κ2) is 6.39. The van der Waals surface area contributed by atoms with Crippen molar-refractivity contribution in [3.8, 4) is 5.75 Å². The Morgan fingerprint density at radius 3 is 2.32 bits per heavy atom. The van der Waals surface area contributed by atoms with Gasteiger partial charge in [-0.1, -0.05) is 36.4 Å². The first-order valence-corrected chi connectivity index (χ1v) is 6.62. The Morgan fingerprint density at radius 1 is 0.947 bits per heavy atom. The van der Waals surface area contributed by atoms with Crippen LogP contribution in [0.3, 0.4) is 0 Å². The van der Waals surface area contributed by atoms with Crippen LogP contribution >= 0.6 is 0 Å². The molecule has 0 aliphatic heterocycles. The van der Waals surface area contributed by atoms with E-state index < -0.39 is 0 Å². The molecule has 0 aliphatic carbocycles. The van der Waals surface area contributed by atoms with Crippen molar-refractivity contribution in [2.45, 2.75) is 27.0 Å². The summed E-state index contributed by atoms with van der Waals surface area (Å²) >= 11 is 0. The van der Waals surface area contributed by atoms with Crippen LogP contribution in [0.2, 0.25) is 0 Å². The van der Waals surface area contributed by atoms with Gasteiger partial charge in [-0.2, -0.15) is 0 Å². The summed E-state index contributed by atoms with van der Waals surface area (Å²) in [6, 6.07) is 14.7. The van der Waals surface area contributed by atoms with Crippen molar-refractivity contribution in [1.29, 1.82) is 0 Å². The average molecular weight is 255 g/mol. The fourth-order valence-electron chi connectivity index (χ4n) is 2.00. The average Bonchev–Trinajstić information content (AvgIpc) is 2.42. The van der Waals surface area contributed by atoms with E-state index in [1.54, 1.807) is 0 Å². The van der Waals surface area contributed by atoms with Gasteiger partial charge >= 0.3 is 0 Å². The highest BCUT2D eigenvalue weighted by atomic mass is 16.5. The molecule has 2 aromatic carbocycles. The monoisotopic (exact) mass is 255 g/mol. The summed E-state index contributed by atoms with van der Waals surface area (Å²) in [5, 5.41) is 3.14. The first kappa shape index (κ1) is 13.6. The standard InChI is InChI=1S/C17H21NO/c1-13-5-4-6-17(14(13)2)19-12-16-9-7-15(8-10-16)11-18-3/h4-10,18H,11-12H2,1-3H3. The molecule has 0 bridgehead atoms. The number of aryl methyl sites for hydroxylation is 1. The summed E-state index contributed by atoms with van der Waals surface area (Å²) in [6.45, 7) is 5.72. The molecule has 0 unspecified atom stereocenters. The van der Waals surface area contributed by atoms with Crippen molar-refractivity contribution in [2.24, 2.45) is 0 Å². The zero-order valence-corrected chi connectivity index (χ0v) is 11.9. The van der Waals surface area contributed by atoms with Crippen LogP contribution in [0.4, 0.5) is 0 Å². The third-order valence-electron chi connectivity index (χ3n) is 3.35. The van der Waals surface area contributed by atoms with Crippen LogP contribution < -0.4 is 10.1 Å². The Kier molecular flexibility index (Phi) is 4.58. The topological polar surface area (TPSA) is 21.3 Å². The van der Waals surface area contributed by atoms with E-state index in [1.807, 2.05) is 19.2 Å². The summed E-state index contributed by atoms with van der Waals surface area (Å²) < 4.78 is 5.89. The largest absolute Gasteiger partial charge is 0.489 e. The molecule has 100 valence electrons. The maximum absolute atomic E-state index is 5.89. The molecule has 0 spiro atoms. The van der Waals surface area contributed by atoms with Gasteiger partial charge in [0, 0.05) is 6.54 Å².